The molecular weight excluding hydrogens is 831 g/mol. The largest absolute Gasteiger partial charge is 0.456 e. The van der Waals surface area contributed by atoms with Crippen LogP contribution in [0.1, 0.15) is 25.0 Å². The standard InChI is InChI=1S/C62H41N5O/c1-62(2)51-26-12-11-25-48(51)49-36-46(27-30-52(49)62)61-66-59(40-18-7-4-8-19-40)65-60(67-61)45-23-14-21-42(34-45)41-20-13-22-43(33-41)53-37-54(64-58(63-53)39-16-5-3-6-17-39)44-29-31-55-50(35-44)57-47-24-10-9-15-38(47)28-32-56(57)68-55/h3-37H,1-2H3. The summed E-state index contributed by atoms with van der Waals surface area (Å²) >= 11 is 0. The molecule has 6 heteroatoms. The Labute approximate surface area is 393 Å². The fraction of sp³-hybridized carbons (Fsp3) is 0.0484. The maximum absolute atomic E-state index is 6.37. The molecule has 3 aromatic heterocycles. The zero-order valence-electron chi connectivity index (χ0n) is 37.4. The summed E-state index contributed by atoms with van der Waals surface area (Å²) in [5.74, 6) is 2.52. The van der Waals surface area contributed by atoms with Crippen LogP contribution in [-0.4, -0.2) is 24.9 Å². The van der Waals surface area contributed by atoms with E-state index in [2.05, 4.69) is 178 Å². The monoisotopic (exact) mass is 871 g/mol. The van der Waals surface area contributed by atoms with Gasteiger partial charge in [-0.3, -0.25) is 0 Å². The summed E-state index contributed by atoms with van der Waals surface area (Å²) in [7, 11) is 0. The van der Waals surface area contributed by atoms with Crippen LogP contribution in [0.25, 0.3) is 123 Å². The number of aromatic nitrogens is 5. The highest BCUT2D eigenvalue weighted by Gasteiger charge is 2.35. The van der Waals surface area contributed by atoms with Crippen molar-refractivity contribution in [3.8, 4) is 90.3 Å². The lowest BCUT2D eigenvalue weighted by Crippen LogP contribution is -2.14. The van der Waals surface area contributed by atoms with Gasteiger partial charge < -0.3 is 4.42 Å². The predicted octanol–water partition coefficient (Wildman–Crippen LogP) is 15.7. The van der Waals surface area contributed by atoms with Crippen molar-refractivity contribution in [2.24, 2.45) is 0 Å². The van der Waals surface area contributed by atoms with Crippen LogP contribution in [0.15, 0.2) is 217 Å². The van der Waals surface area contributed by atoms with Crippen LogP contribution < -0.4 is 0 Å². The minimum absolute atomic E-state index is 0.0943. The maximum Gasteiger partial charge on any atom is 0.164 e. The molecular formula is C62H41N5O. The molecule has 0 aliphatic heterocycles. The van der Waals surface area contributed by atoms with Gasteiger partial charge in [-0.2, -0.15) is 0 Å². The highest BCUT2D eigenvalue weighted by atomic mass is 16.3. The summed E-state index contributed by atoms with van der Waals surface area (Å²) in [5.41, 5.74) is 16.2. The Morgan fingerprint density at radius 2 is 0.838 bits per heavy atom. The third-order valence-electron chi connectivity index (χ3n) is 13.5. The van der Waals surface area contributed by atoms with Crippen molar-refractivity contribution < 1.29 is 4.42 Å². The number of hydrogen-bond donors (Lipinski definition) is 0. The van der Waals surface area contributed by atoms with Crippen molar-refractivity contribution in [2.75, 3.05) is 0 Å². The minimum atomic E-state index is -0.0943. The zero-order valence-corrected chi connectivity index (χ0v) is 37.4. The van der Waals surface area contributed by atoms with Gasteiger partial charge in [-0.15, -0.1) is 0 Å². The second-order valence-corrected chi connectivity index (χ2v) is 18.1. The van der Waals surface area contributed by atoms with E-state index in [1.807, 2.05) is 48.5 Å². The van der Waals surface area contributed by atoms with Gasteiger partial charge in [-0.05, 0) is 92.7 Å². The van der Waals surface area contributed by atoms with E-state index in [1.54, 1.807) is 0 Å². The van der Waals surface area contributed by atoms with E-state index < -0.39 is 0 Å². The van der Waals surface area contributed by atoms with Gasteiger partial charge >= 0.3 is 0 Å². The minimum Gasteiger partial charge on any atom is -0.456 e. The van der Waals surface area contributed by atoms with Crippen molar-refractivity contribution in [2.45, 2.75) is 19.3 Å². The summed E-state index contributed by atoms with van der Waals surface area (Å²) in [5, 5.41) is 4.50. The summed E-state index contributed by atoms with van der Waals surface area (Å²) in [4.78, 5) is 25.8. The van der Waals surface area contributed by atoms with Gasteiger partial charge in [0.15, 0.2) is 23.3 Å². The van der Waals surface area contributed by atoms with Crippen LogP contribution in [0.5, 0.6) is 0 Å². The molecule has 0 radical (unpaired) electrons. The fourth-order valence-corrected chi connectivity index (χ4v) is 10.1. The molecule has 9 aromatic carbocycles. The van der Waals surface area contributed by atoms with E-state index in [1.165, 1.54) is 27.6 Å². The first-order valence-corrected chi connectivity index (χ1v) is 23.0. The maximum atomic E-state index is 6.37. The van der Waals surface area contributed by atoms with Crippen molar-refractivity contribution in [1.29, 1.82) is 0 Å². The second-order valence-electron chi connectivity index (χ2n) is 18.1. The molecule has 0 unspecified atom stereocenters. The highest BCUT2D eigenvalue weighted by molar-refractivity contribution is 6.19. The van der Waals surface area contributed by atoms with Crippen molar-refractivity contribution in [3.63, 3.8) is 0 Å². The number of benzene rings is 9. The SMILES string of the molecule is CC1(C)c2ccccc2-c2cc(-c3nc(-c4ccccc4)nc(-c4cccc(-c5cccc(-c6cc(-c7ccc8oc9ccc%10ccccc%10c9c8c7)nc(-c7ccccc7)n6)c5)c4)n3)ccc21. The van der Waals surface area contributed by atoms with Gasteiger partial charge in [0.05, 0.1) is 11.4 Å². The van der Waals surface area contributed by atoms with Crippen molar-refractivity contribution in [1.82, 2.24) is 24.9 Å². The van der Waals surface area contributed by atoms with E-state index in [4.69, 9.17) is 29.3 Å². The smallest absolute Gasteiger partial charge is 0.164 e. The summed E-state index contributed by atoms with van der Waals surface area (Å²) < 4.78 is 6.37. The lowest BCUT2D eigenvalue weighted by atomic mass is 9.82. The Balaban J connectivity index is 0.904. The van der Waals surface area contributed by atoms with Crippen LogP contribution >= 0.6 is 0 Å². The molecule has 13 rings (SSSR count). The summed E-state index contributed by atoms with van der Waals surface area (Å²) in [6.07, 6.45) is 0. The van der Waals surface area contributed by atoms with Gasteiger partial charge in [-0.1, -0.05) is 178 Å². The Morgan fingerprint density at radius 3 is 1.57 bits per heavy atom. The highest BCUT2D eigenvalue weighted by Crippen LogP contribution is 2.49. The lowest BCUT2D eigenvalue weighted by Gasteiger charge is -2.21. The molecule has 1 aliphatic carbocycles. The van der Waals surface area contributed by atoms with E-state index >= 15 is 0 Å². The first kappa shape index (κ1) is 39.5. The number of nitrogens with zero attached hydrogens (tertiary/aromatic N) is 5. The van der Waals surface area contributed by atoms with Crippen LogP contribution in [-0.2, 0) is 5.41 Å². The van der Waals surface area contributed by atoms with Crippen LogP contribution in [0.4, 0.5) is 0 Å². The molecule has 0 spiro atoms. The van der Waals surface area contributed by atoms with E-state index in [-0.39, 0.29) is 5.41 Å². The second kappa shape index (κ2) is 15.6. The van der Waals surface area contributed by atoms with Gasteiger partial charge in [0.25, 0.3) is 0 Å². The number of rotatable bonds is 7. The molecule has 3 heterocycles. The van der Waals surface area contributed by atoms with Gasteiger partial charge in [-0.25, -0.2) is 24.9 Å². The zero-order chi connectivity index (χ0) is 45.3. The Morgan fingerprint density at radius 1 is 0.324 bits per heavy atom. The topological polar surface area (TPSA) is 77.6 Å². The Hall–Kier alpha value is -8.87. The van der Waals surface area contributed by atoms with Crippen molar-refractivity contribution in [3.05, 3.63) is 223 Å². The predicted molar refractivity (Wildman–Crippen MR) is 276 cm³/mol. The fourth-order valence-electron chi connectivity index (χ4n) is 10.1. The van der Waals surface area contributed by atoms with Gasteiger partial charge in [0.2, 0.25) is 0 Å². The van der Waals surface area contributed by atoms with E-state index in [0.29, 0.717) is 23.3 Å². The first-order valence-electron chi connectivity index (χ1n) is 23.0. The van der Waals surface area contributed by atoms with Gasteiger partial charge in [0.1, 0.15) is 11.2 Å². The molecule has 68 heavy (non-hydrogen) atoms. The molecule has 12 aromatic rings. The van der Waals surface area contributed by atoms with E-state index in [9.17, 15) is 0 Å². The number of furan rings is 1. The number of fused-ring (bicyclic) bond motifs is 8. The molecule has 0 fully saturated rings. The Bertz CT molecular complexity index is 3950. The lowest BCUT2D eigenvalue weighted by molar-refractivity contribution is 0.660. The quantitative estimate of drug-likeness (QED) is 0.159. The van der Waals surface area contributed by atoms with Gasteiger partial charge in [0, 0.05) is 49.6 Å². The summed E-state index contributed by atoms with van der Waals surface area (Å²) in [6, 6.07) is 73.8. The average molecular weight is 872 g/mol. The third-order valence-corrected chi connectivity index (χ3v) is 13.5. The van der Waals surface area contributed by atoms with Crippen molar-refractivity contribution >= 4 is 32.7 Å². The molecule has 0 atom stereocenters. The molecule has 1 aliphatic rings. The normalized spacial score (nSPS) is 12.7. The first-order chi connectivity index (χ1) is 33.4. The number of hydrogen-bond acceptors (Lipinski definition) is 6. The van der Waals surface area contributed by atoms with Crippen LogP contribution in [0.3, 0.4) is 0 Å². The summed E-state index contributed by atoms with van der Waals surface area (Å²) in [6.45, 7) is 4.60. The average Bonchev–Trinajstić information content (AvgIpc) is 3.90. The molecule has 0 N–H and O–H groups in total. The molecule has 6 nitrogen and oxygen atoms in total. The molecule has 0 saturated heterocycles. The van der Waals surface area contributed by atoms with E-state index in [0.717, 1.165) is 83.2 Å². The third kappa shape index (κ3) is 6.68. The molecule has 320 valence electrons. The Kier molecular flexibility index (Phi) is 9.08. The van der Waals surface area contributed by atoms with Crippen LogP contribution in [0, 0.1) is 0 Å². The molecule has 0 amide bonds. The molecule has 0 saturated carbocycles. The molecule has 0 bridgehead atoms. The van der Waals surface area contributed by atoms with Crippen LogP contribution in [0.2, 0.25) is 0 Å².